The Balaban J connectivity index is 1.55. The second-order valence-corrected chi connectivity index (χ2v) is 6.95. The Bertz CT molecular complexity index is 1060. The largest absolute Gasteiger partial charge is 0.349 e. The highest BCUT2D eigenvalue weighted by Crippen LogP contribution is 2.31. The number of carbonyl (C=O) groups excluding carboxylic acids is 1. The molecule has 1 atom stereocenters. The van der Waals surface area contributed by atoms with Crippen LogP contribution in [0.15, 0.2) is 42.6 Å². The fourth-order valence-corrected chi connectivity index (χ4v) is 3.68. The number of nitrogens with one attached hydrogen (secondary N) is 1. The number of aromatic nitrogens is 2. The first-order valence-electron chi connectivity index (χ1n) is 9.18. The summed E-state index contributed by atoms with van der Waals surface area (Å²) in [7, 11) is 0. The smallest absolute Gasteiger partial charge is 0.225 e. The van der Waals surface area contributed by atoms with E-state index < -0.39 is 47.2 Å². The monoisotopic (exact) mass is 403 g/mol. The van der Waals surface area contributed by atoms with Gasteiger partial charge in [0.25, 0.3) is 0 Å². The summed E-state index contributed by atoms with van der Waals surface area (Å²) in [6.45, 7) is 0. The SMILES string of the molecule is O=C(Cc1c(F)cc(F)cc1F)NC1CCCc2c1cnn2-c1ccccc1F. The number of halogens is 4. The van der Waals surface area contributed by atoms with E-state index in [0.29, 0.717) is 30.7 Å². The molecule has 0 spiro atoms. The minimum Gasteiger partial charge on any atom is -0.349 e. The summed E-state index contributed by atoms with van der Waals surface area (Å²) in [5.41, 5.74) is 1.36. The van der Waals surface area contributed by atoms with Crippen molar-refractivity contribution in [1.82, 2.24) is 15.1 Å². The maximum atomic E-state index is 14.1. The van der Waals surface area contributed by atoms with E-state index in [4.69, 9.17) is 0 Å². The van der Waals surface area contributed by atoms with E-state index in [1.54, 1.807) is 24.4 Å². The van der Waals surface area contributed by atoms with Crippen molar-refractivity contribution in [3.05, 3.63) is 82.7 Å². The van der Waals surface area contributed by atoms with E-state index in [1.165, 1.54) is 10.7 Å². The summed E-state index contributed by atoms with van der Waals surface area (Å²) < 4.78 is 56.3. The lowest BCUT2D eigenvalue weighted by atomic mass is 9.92. The van der Waals surface area contributed by atoms with Crippen LogP contribution in [0.4, 0.5) is 17.6 Å². The molecule has 1 aliphatic carbocycles. The molecule has 1 unspecified atom stereocenters. The molecule has 1 aliphatic rings. The number of hydrogen-bond acceptors (Lipinski definition) is 2. The number of rotatable bonds is 4. The topological polar surface area (TPSA) is 46.9 Å². The summed E-state index contributed by atoms with van der Waals surface area (Å²) in [5, 5.41) is 7.03. The molecule has 29 heavy (non-hydrogen) atoms. The van der Waals surface area contributed by atoms with Crippen LogP contribution < -0.4 is 5.32 Å². The molecule has 0 saturated heterocycles. The van der Waals surface area contributed by atoms with Crippen LogP contribution in [-0.2, 0) is 17.6 Å². The number of hydrogen-bond donors (Lipinski definition) is 1. The van der Waals surface area contributed by atoms with Gasteiger partial charge in [-0.05, 0) is 31.4 Å². The van der Waals surface area contributed by atoms with Gasteiger partial charge in [-0.3, -0.25) is 4.79 Å². The number of nitrogens with zero attached hydrogens (tertiary/aromatic N) is 2. The Morgan fingerprint density at radius 3 is 2.55 bits per heavy atom. The molecule has 0 aliphatic heterocycles. The van der Waals surface area contributed by atoms with Gasteiger partial charge in [0, 0.05) is 29.0 Å². The van der Waals surface area contributed by atoms with E-state index in [-0.39, 0.29) is 0 Å². The average Bonchev–Trinajstić information content (AvgIpc) is 3.10. The van der Waals surface area contributed by atoms with Crippen molar-refractivity contribution in [2.24, 2.45) is 0 Å². The standard InChI is InChI=1S/C21H17F4N3O/c22-12-8-16(24)13(17(25)9-12)10-21(29)27-18-5-3-7-19-14(18)11-26-28(19)20-6-2-1-4-15(20)23/h1-2,4,6,8-9,11,18H,3,5,7,10H2,(H,27,29). The summed E-state index contributed by atoms with van der Waals surface area (Å²) in [6, 6.07) is 6.94. The minimum absolute atomic E-state index is 0.316. The van der Waals surface area contributed by atoms with Crippen molar-refractivity contribution in [3.63, 3.8) is 0 Å². The molecule has 0 radical (unpaired) electrons. The van der Waals surface area contributed by atoms with Gasteiger partial charge in [0.1, 0.15) is 29.0 Å². The van der Waals surface area contributed by atoms with Gasteiger partial charge in [-0.1, -0.05) is 12.1 Å². The van der Waals surface area contributed by atoms with Gasteiger partial charge in [0.15, 0.2) is 0 Å². The highest BCUT2D eigenvalue weighted by atomic mass is 19.1. The molecule has 0 saturated carbocycles. The number of para-hydroxylation sites is 1. The van der Waals surface area contributed by atoms with Gasteiger partial charge >= 0.3 is 0 Å². The van der Waals surface area contributed by atoms with Gasteiger partial charge < -0.3 is 5.32 Å². The zero-order valence-electron chi connectivity index (χ0n) is 15.3. The lowest BCUT2D eigenvalue weighted by molar-refractivity contribution is -0.121. The van der Waals surface area contributed by atoms with Crippen molar-refractivity contribution in [2.45, 2.75) is 31.7 Å². The van der Waals surface area contributed by atoms with E-state index in [1.807, 2.05) is 0 Å². The molecule has 1 aromatic heterocycles. The third-order valence-corrected chi connectivity index (χ3v) is 5.04. The average molecular weight is 403 g/mol. The van der Waals surface area contributed by atoms with Crippen molar-refractivity contribution >= 4 is 5.91 Å². The molecule has 3 aromatic rings. The van der Waals surface area contributed by atoms with Crippen LogP contribution >= 0.6 is 0 Å². The highest BCUT2D eigenvalue weighted by Gasteiger charge is 2.27. The molecule has 4 rings (SSSR count). The molecular formula is C21H17F4N3O. The quantitative estimate of drug-likeness (QED) is 0.665. The van der Waals surface area contributed by atoms with Crippen molar-refractivity contribution in [3.8, 4) is 5.69 Å². The Hall–Kier alpha value is -3.16. The van der Waals surface area contributed by atoms with Crippen molar-refractivity contribution < 1.29 is 22.4 Å². The maximum Gasteiger partial charge on any atom is 0.225 e. The van der Waals surface area contributed by atoms with Gasteiger partial charge in [-0.15, -0.1) is 0 Å². The fraction of sp³-hybridized carbons (Fsp3) is 0.238. The van der Waals surface area contributed by atoms with E-state index >= 15 is 0 Å². The Morgan fingerprint density at radius 1 is 1.10 bits per heavy atom. The second-order valence-electron chi connectivity index (χ2n) is 6.95. The molecular weight excluding hydrogens is 386 g/mol. The van der Waals surface area contributed by atoms with Crippen LogP contribution in [0.5, 0.6) is 0 Å². The van der Waals surface area contributed by atoms with E-state index in [0.717, 1.165) is 17.7 Å². The maximum absolute atomic E-state index is 14.1. The first-order chi connectivity index (χ1) is 13.9. The summed E-state index contributed by atoms with van der Waals surface area (Å²) in [4.78, 5) is 12.4. The van der Waals surface area contributed by atoms with Crippen molar-refractivity contribution in [2.75, 3.05) is 0 Å². The normalized spacial score (nSPS) is 15.8. The summed E-state index contributed by atoms with van der Waals surface area (Å²) in [6.07, 6.45) is 3.04. The molecule has 1 amide bonds. The van der Waals surface area contributed by atoms with Gasteiger partial charge in [0.05, 0.1) is 18.7 Å². The number of amides is 1. The van der Waals surface area contributed by atoms with Crippen LogP contribution in [0.3, 0.4) is 0 Å². The zero-order valence-corrected chi connectivity index (χ0v) is 15.3. The van der Waals surface area contributed by atoms with Crippen LogP contribution in [0.25, 0.3) is 5.69 Å². The Kier molecular flexibility index (Phi) is 5.08. The Labute approximate surface area is 164 Å². The summed E-state index contributed by atoms with van der Waals surface area (Å²) in [5.74, 6) is -4.25. The predicted octanol–water partition coefficient (Wildman–Crippen LogP) is 4.17. The first kappa shape index (κ1) is 19.2. The van der Waals surface area contributed by atoms with Gasteiger partial charge in [-0.25, -0.2) is 22.2 Å². The molecule has 2 aromatic carbocycles. The molecule has 4 nitrogen and oxygen atoms in total. The van der Waals surface area contributed by atoms with Crippen molar-refractivity contribution in [1.29, 1.82) is 0 Å². The molecule has 0 bridgehead atoms. The lowest BCUT2D eigenvalue weighted by Gasteiger charge is -2.24. The predicted molar refractivity (Wildman–Crippen MR) is 97.4 cm³/mol. The molecule has 1 heterocycles. The van der Waals surface area contributed by atoms with E-state index in [2.05, 4.69) is 10.4 Å². The highest BCUT2D eigenvalue weighted by molar-refractivity contribution is 5.79. The van der Waals surface area contributed by atoms with Gasteiger partial charge in [-0.2, -0.15) is 5.10 Å². The van der Waals surface area contributed by atoms with Crippen LogP contribution in [0.2, 0.25) is 0 Å². The minimum atomic E-state index is -1.10. The number of carbonyl (C=O) groups is 1. The Morgan fingerprint density at radius 2 is 1.83 bits per heavy atom. The van der Waals surface area contributed by atoms with Crippen LogP contribution in [0.1, 0.15) is 35.7 Å². The van der Waals surface area contributed by atoms with E-state index in [9.17, 15) is 22.4 Å². The second kappa shape index (κ2) is 7.69. The molecule has 0 fully saturated rings. The molecule has 8 heteroatoms. The third-order valence-electron chi connectivity index (χ3n) is 5.04. The van der Waals surface area contributed by atoms with Crippen LogP contribution in [-0.4, -0.2) is 15.7 Å². The lowest BCUT2D eigenvalue weighted by Crippen LogP contribution is -2.32. The number of benzene rings is 2. The fourth-order valence-electron chi connectivity index (χ4n) is 3.68. The van der Waals surface area contributed by atoms with Gasteiger partial charge in [0.2, 0.25) is 5.91 Å². The third kappa shape index (κ3) is 3.74. The van der Waals surface area contributed by atoms with Crippen LogP contribution in [0, 0.1) is 23.3 Å². The molecule has 150 valence electrons. The first-order valence-corrected chi connectivity index (χ1v) is 9.18. The number of fused-ring (bicyclic) bond motifs is 1. The molecule has 1 N–H and O–H groups in total. The zero-order chi connectivity index (χ0) is 20.5. The summed E-state index contributed by atoms with van der Waals surface area (Å²) >= 11 is 0.